The fourth-order valence-corrected chi connectivity index (χ4v) is 3.92. The molecule has 7 atom stereocenters. The van der Waals surface area contributed by atoms with E-state index in [1.165, 1.54) is 0 Å². The molecular weight excluding hydrogens is 276 g/mol. The number of esters is 2. The molecule has 6 nitrogen and oxygen atoms in total. The summed E-state index contributed by atoms with van der Waals surface area (Å²) in [6.45, 7) is 5.80. The summed E-state index contributed by atoms with van der Waals surface area (Å²) in [6.07, 6.45) is 1.08. The van der Waals surface area contributed by atoms with Crippen LogP contribution >= 0.6 is 0 Å². The first kappa shape index (κ1) is 11.9. The Balaban J connectivity index is 1.59. The van der Waals surface area contributed by atoms with E-state index in [9.17, 15) is 9.59 Å². The largest absolute Gasteiger partial charge is 0.458 e. The van der Waals surface area contributed by atoms with Gasteiger partial charge in [0.2, 0.25) is 0 Å². The first-order chi connectivity index (χ1) is 9.98. The monoisotopic (exact) mass is 290 g/mol. The molecule has 0 aromatic heterocycles. The molecule has 4 heterocycles. The molecule has 0 aromatic carbocycles. The Morgan fingerprint density at radius 2 is 2.10 bits per heavy atom. The first-order valence-corrected chi connectivity index (χ1v) is 7.14. The van der Waals surface area contributed by atoms with E-state index in [1.807, 2.05) is 6.92 Å². The molecule has 2 bridgehead atoms. The minimum Gasteiger partial charge on any atom is -0.458 e. The quantitative estimate of drug-likeness (QED) is 0.362. The second kappa shape index (κ2) is 3.39. The highest BCUT2D eigenvalue weighted by atomic mass is 16.7. The number of carbonyl (C=O) groups excluding carboxylic acids is 2. The van der Waals surface area contributed by atoms with Crippen LogP contribution < -0.4 is 0 Å². The highest BCUT2D eigenvalue weighted by Gasteiger charge is 2.68. The molecule has 21 heavy (non-hydrogen) atoms. The van der Waals surface area contributed by atoms with Gasteiger partial charge in [0.05, 0.1) is 17.1 Å². The molecule has 5 aliphatic rings. The second-order valence-electron chi connectivity index (χ2n) is 6.56. The Morgan fingerprint density at radius 1 is 1.29 bits per heavy atom. The minimum atomic E-state index is -0.500. The van der Waals surface area contributed by atoms with E-state index < -0.39 is 12.1 Å². The number of fused-ring (bicyclic) bond motifs is 7. The molecule has 3 saturated heterocycles. The predicted octanol–water partition coefficient (Wildman–Crippen LogP) is 0.265. The number of hydrogen-bond donors (Lipinski definition) is 0. The highest BCUT2D eigenvalue weighted by molar-refractivity contribution is 5.94. The van der Waals surface area contributed by atoms with E-state index in [0.29, 0.717) is 17.6 Å². The molecule has 0 spiro atoms. The van der Waals surface area contributed by atoms with Crippen LogP contribution in [0, 0.1) is 5.92 Å². The Hall–Kier alpha value is -1.66. The van der Waals surface area contributed by atoms with Gasteiger partial charge < -0.3 is 18.9 Å². The van der Waals surface area contributed by atoms with Crippen LogP contribution in [0.3, 0.4) is 0 Å². The first-order valence-electron chi connectivity index (χ1n) is 7.14. The zero-order chi connectivity index (χ0) is 14.5. The van der Waals surface area contributed by atoms with Gasteiger partial charge >= 0.3 is 11.9 Å². The van der Waals surface area contributed by atoms with Crippen LogP contribution in [-0.4, -0.2) is 48.1 Å². The van der Waals surface area contributed by atoms with Crippen molar-refractivity contribution in [3.63, 3.8) is 0 Å². The van der Waals surface area contributed by atoms with Crippen LogP contribution in [0.4, 0.5) is 0 Å². The average molecular weight is 290 g/mol. The maximum absolute atomic E-state index is 12.0. The topological polar surface area (TPSA) is 77.7 Å². The van der Waals surface area contributed by atoms with E-state index in [4.69, 9.17) is 18.9 Å². The van der Waals surface area contributed by atoms with Crippen molar-refractivity contribution >= 4 is 11.9 Å². The van der Waals surface area contributed by atoms with Crippen molar-refractivity contribution in [3.8, 4) is 0 Å². The van der Waals surface area contributed by atoms with Crippen molar-refractivity contribution < 1.29 is 28.5 Å². The highest BCUT2D eigenvalue weighted by Crippen LogP contribution is 2.54. The fourth-order valence-electron chi connectivity index (χ4n) is 3.92. The molecule has 0 unspecified atom stereocenters. The van der Waals surface area contributed by atoms with Crippen molar-refractivity contribution in [1.82, 2.24) is 0 Å². The molecule has 110 valence electrons. The van der Waals surface area contributed by atoms with Crippen LogP contribution in [-0.2, 0) is 28.5 Å². The van der Waals surface area contributed by atoms with E-state index in [0.717, 1.165) is 0 Å². The lowest BCUT2D eigenvalue weighted by Crippen LogP contribution is -2.33. The van der Waals surface area contributed by atoms with Crippen LogP contribution in [0.5, 0.6) is 0 Å². The van der Waals surface area contributed by atoms with Gasteiger partial charge in [0.1, 0.15) is 30.5 Å². The maximum Gasteiger partial charge on any atom is 0.337 e. The zero-order valence-electron chi connectivity index (χ0n) is 11.4. The van der Waals surface area contributed by atoms with Crippen LogP contribution in [0.25, 0.3) is 0 Å². The molecule has 4 aliphatic heterocycles. The smallest absolute Gasteiger partial charge is 0.337 e. The standard InChI is InChI=1S/C15H14O6/c1-5-9-7-3-6(14(17)18-7)10-11(20-10)12-15(2,21-12)4-8(9)19-13(5)16/h3,7-12H,1,4H2,2H3/t7-,8+,9+,10-,11-,12-,15+/m1/s1. The molecule has 0 saturated carbocycles. The van der Waals surface area contributed by atoms with E-state index in [2.05, 4.69) is 6.58 Å². The molecule has 0 N–H and O–H groups in total. The molecule has 6 heteroatoms. The average Bonchev–Trinajstić information content (AvgIpc) is 3.25. The third-order valence-corrected chi connectivity index (χ3v) is 5.18. The minimum absolute atomic E-state index is 0.0541. The molecule has 0 aromatic rings. The van der Waals surface area contributed by atoms with Gasteiger partial charge in [-0.15, -0.1) is 0 Å². The number of epoxide rings is 2. The van der Waals surface area contributed by atoms with Crippen LogP contribution in [0.1, 0.15) is 13.3 Å². The third kappa shape index (κ3) is 1.44. The van der Waals surface area contributed by atoms with Gasteiger partial charge in [-0.05, 0) is 13.0 Å². The van der Waals surface area contributed by atoms with Gasteiger partial charge in [0, 0.05) is 12.0 Å². The molecular formula is C15H14O6. The summed E-state index contributed by atoms with van der Waals surface area (Å²) in [5, 5.41) is 0. The third-order valence-electron chi connectivity index (χ3n) is 5.18. The molecule has 1 aliphatic carbocycles. The van der Waals surface area contributed by atoms with E-state index in [-0.39, 0.29) is 41.9 Å². The number of hydrogen-bond acceptors (Lipinski definition) is 6. The zero-order valence-corrected chi connectivity index (χ0v) is 11.4. The Bertz CT molecular complexity index is 636. The Kier molecular flexibility index (Phi) is 1.93. The predicted molar refractivity (Wildman–Crippen MR) is 67.0 cm³/mol. The second-order valence-corrected chi connectivity index (χ2v) is 6.56. The summed E-state index contributed by atoms with van der Waals surface area (Å²) in [5.41, 5.74) is 0.536. The van der Waals surface area contributed by atoms with Gasteiger partial charge in [0.25, 0.3) is 0 Å². The van der Waals surface area contributed by atoms with Crippen molar-refractivity contribution in [1.29, 1.82) is 0 Å². The summed E-state index contributed by atoms with van der Waals surface area (Å²) in [5.74, 6) is -1.12. The van der Waals surface area contributed by atoms with Crippen LogP contribution in [0.15, 0.2) is 23.8 Å². The number of carbonyl (C=O) groups is 2. The lowest BCUT2D eigenvalue weighted by Gasteiger charge is -2.23. The Labute approximate surface area is 120 Å². The number of ether oxygens (including phenoxy) is 4. The van der Waals surface area contributed by atoms with Crippen molar-refractivity contribution in [2.24, 2.45) is 5.92 Å². The SMILES string of the molecule is C=C1C(=O)O[C@H]2C[C@]3(C)O[C@@H]3[C@@H]3O[C@@H]3C3=C[C@@H](OC3=O)[C@H]12. The van der Waals surface area contributed by atoms with Crippen molar-refractivity contribution in [2.75, 3.05) is 0 Å². The van der Waals surface area contributed by atoms with Gasteiger partial charge in [-0.2, -0.15) is 0 Å². The summed E-state index contributed by atoms with van der Waals surface area (Å²) < 4.78 is 22.3. The molecule has 5 rings (SSSR count). The van der Waals surface area contributed by atoms with Crippen molar-refractivity contribution in [3.05, 3.63) is 23.8 Å². The van der Waals surface area contributed by atoms with E-state index >= 15 is 0 Å². The van der Waals surface area contributed by atoms with Gasteiger partial charge in [0.15, 0.2) is 0 Å². The van der Waals surface area contributed by atoms with Gasteiger partial charge in [-0.1, -0.05) is 6.58 Å². The molecule has 3 fully saturated rings. The summed E-state index contributed by atoms with van der Waals surface area (Å²) >= 11 is 0. The lowest BCUT2D eigenvalue weighted by atomic mass is 9.83. The Morgan fingerprint density at radius 3 is 2.90 bits per heavy atom. The summed E-state index contributed by atoms with van der Waals surface area (Å²) in [6, 6.07) is 0. The summed E-state index contributed by atoms with van der Waals surface area (Å²) in [4.78, 5) is 23.9. The molecule has 0 radical (unpaired) electrons. The fraction of sp³-hybridized carbons (Fsp3) is 0.600. The van der Waals surface area contributed by atoms with Gasteiger partial charge in [-0.3, -0.25) is 0 Å². The van der Waals surface area contributed by atoms with Crippen molar-refractivity contribution in [2.45, 2.75) is 49.5 Å². The maximum atomic E-state index is 12.0. The summed E-state index contributed by atoms with van der Waals surface area (Å²) in [7, 11) is 0. The van der Waals surface area contributed by atoms with E-state index in [1.54, 1.807) is 6.08 Å². The van der Waals surface area contributed by atoms with Gasteiger partial charge in [-0.25, -0.2) is 9.59 Å². The van der Waals surface area contributed by atoms with Crippen LogP contribution in [0.2, 0.25) is 0 Å². The number of rotatable bonds is 0. The normalized spacial score (nSPS) is 53.0. The lowest BCUT2D eigenvalue weighted by molar-refractivity contribution is -0.143. The molecule has 0 amide bonds.